The minimum Gasteiger partial charge on any atom is -0.355 e. The molecule has 0 aromatic heterocycles. The van der Waals surface area contributed by atoms with E-state index in [-0.39, 0.29) is 5.91 Å². The van der Waals surface area contributed by atoms with Gasteiger partial charge in [-0.15, -0.1) is 0 Å². The Balaban J connectivity index is 1.80. The first-order valence-corrected chi connectivity index (χ1v) is 7.51. The van der Waals surface area contributed by atoms with Crippen molar-refractivity contribution in [2.75, 3.05) is 26.2 Å². The molecular formula is C16H25N3O. The minimum absolute atomic E-state index is 0.129. The predicted octanol–water partition coefficient (Wildman–Crippen LogP) is 1.36. The van der Waals surface area contributed by atoms with E-state index in [2.05, 4.69) is 22.3 Å². The van der Waals surface area contributed by atoms with Gasteiger partial charge in [0.2, 0.25) is 5.91 Å². The number of nitrogens with two attached hydrogens (primary N) is 1. The van der Waals surface area contributed by atoms with Crippen LogP contribution in [0.3, 0.4) is 0 Å². The molecule has 0 radical (unpaired) electrons. The fraction of sp³-hybridized carbons (Fsp3) is 0.562. The maximum atomic E-state index is 12.0. The van der Waals surface area contributed by atoms with E-state index in [1.54, 1.807) is 0 Å². The van der Waals surface area contributed by atoms with E-state index in [1.807, 2.05) is 18.2 Å². The Kier molecular flexibility index (Phi) is 6.02. The maximum Gasteiger partial charge on any atom is 0.234 e. The van der Waals surface area contributed by atoms with Crippen LogP contribution in [0.25, 0.3) is 0 Å². The van der Waals surface area contributed by atoms with Crippen LogP contribution >= 0.6 is 0 Å². The van der Waals surface area contributed by atoms with E-state index in [1.165, 1.54) is 18.4 Å². The van der Waals surface area contributed by atoms with Gasteiger partial charge in [-0.1, -0.05) is 30.3 Å². The number of amides is 1. The molecule has 1 aromatic rings. The second-order valence-corrected chi connectivity index (χ2v) is 5.59. The van der Waals surface area contributed by atoms with Crippen LogP contribution < -0.4 is 11.1 Å². The van der Waals surface area contributed by atoms with Crippen LogP contribution in [0, 0.1) is 5.92 Å². The Morgan fingerprint density at radius 1 is 1.30 bits per heavy atom. The van der Waals surface area contributed by atoms with Crippen molar-refractivity contribution >= 4 is 5.91 Å². The number of nitrogens with zero attached hydrogens (tertiary/aromatic N) is 1. The number of benzene rings is 1. The van der Waals surface area contributed by atoms with Crippen molar-refractivity contribution in [3.63, 3.8) is 0 Å². The van der Waals surface area contributed by atoms with Crippen LogP contribution in [0.15, 0.2) is 30.3 Å². The normalized spacial score (nSPS) is 14.5. The topological polar surface area (TPSA) is 58.4 Å². The summed E-state index contributed by atoms with van der Waals surface area (Å²) in [5.41, 5.74) is 6.82. The molecule has 0 aliphatic heterocycles. The highest BCUT2D eigenvalue weighted by Gasteiger charge is 2.22. The zero-order valence-corrected chi connectivity index (χ0v) is 12.1. The summed E-state index contributed by atoms with van der Waals surface area (Å²) in [5.74, 6) is 0.857. The summed E-state index contributed by atoms with van der Waals surface area (Å²) in [5, 5.41) is 3.03. The molecule has 1 aromatic carbocycles. The van der Waals surface area contributed by atoms with E-state index < -0.39 is 0 Å². The van der Waals surface area contributed by atoms with Crippen molar-refractivity contribution in [2.24, 2.45) is 11.7 Å². The molecule has 3 N–H and O–H groups in total. The third-order valence-electron chi connectivity index (χ3n) is 3.58. The molecule has 1 aliphatic rings. The fourth-order valence-electron chi connectivity index (χ4n) is 2.21. The third-order valence-corrected chi connectivity index (χ3v) is 3.58. The summed E-state index contributed by atoms with van der Waals surface area (Å²) < 4.78 is 0. The molecule has 1 saturated carbocycles. The van der Waals surface area contributed by atoms with E-state index in [4.69, 9.17) is 5.73 Å². The van der Waals surface area contributed by atoms with Crippen molar-refractivity contribution in [1.82, 2.24) is 10.2 Å². The number of nitrogens with one attached hydrogen (secondary N) is 1. The molecule has 4 heteroatoms. The minimum atomic E-state index is 0.129. The summed E-state index contributed by atoms with van der Waals surface area (Å²) in [6.45, 7) is 3.63. The summed E-state index contributed by atoms with van der Waals surface area (Å²) >= 11 is 0. The van der Waals surface area contributed by atoms with Gasteiger partial charge in [-0.25, -0.2) is 0 Å². The van der Waals surface area contributed by atoms with E-state index in [0.717, 1.165) is 32.0 Å². The molecule has 1 fully saturated rings. The van der Waals surface area contributed by atoms with Crippen LogP contribution in [-0.4, -0.2) is 37.0 Å². The Morgan fingerprint density at radius 3 is 2.70 bits per heavy atom. The molecule has 0 saturated heterocycles. The average Bonchev–Trinajstić information content (AvgIpc) is 3.28. The lowest BCUT2D eigenvalue weighted by Crippen LogP contribution is -2.38. The highest BCUT2D eigenvalue weighted by molar-refractivity contribution is 5.78. The Bertz CT molecular complexity index is 403. The van der Waals surface area contributed by atoms with Crippen molar-refractivity contribution in [2.45, 2.75) is 25.8 Å². The maximum absolute atomic E-state index is 12.0. The van der Waals surface area contributed by atoms with Crippen molar-refractivity contribution in [1.29, 1.82) is 0 Å². The quantitative estimate of drug-likeness (QED) is 0.715. The van der Waals surface area contributed by atoms with Crippen molar-refractivity contribution < 1.29 is 4.79 Å². The van der Waals surface area contributed by atoms with Gasteiger partial charge >= 0.3 is 0 Å². The van der Waals surface area contributed by atoms with Gasteiger partial charge in [0.25, 0.3) is 0 Å². The van der Waals surface area contributed by atoms with Gasteiger partial charge in [0.1, 0.15) is 0 Å². The van der Waals surface area contributed by atoms with Crippen molar-refractivity contribution in [3.8, 4) is 0 Å². The standard InChI is InChI=1S/C16H25N3O/c17-9-4-10-19(12-15-5-2-1-3-6-15)13-16(20)18-11-14-7-8-14/h1-3,5-6,14H,4,7-13,17H2,(H,18,20). The molecular weight excluding hydrogens is 250 g/mol. The smallest absolute Gasteiger partial charge is 0.234 e. The Morgan fingerprint density at radius 2 is 2.05 bits per heavy atom. The van der Waals surface area contributed by atoms with E-state index >= 15 is 0 Å². The largest absolute Gasteiger partial charge is 0.355 e. The van der Waals surface area contributed by atoms with Gasteiger partial charge in [0.05, 0.1) is 6.54 Å². The molecule has 2 rings (SSSR count). The van der Waals surface area contributed by atoms with Crippen LogP contribution in [0.4, 0.5) is 0 Å². The van der Waals surface area contributed by atoms with Gasteiger partial charge in [-0.05, 0) is 37.3 Å². The van der Waals surface area contributed by atoms with Gasteiger partial charge in [-0.2, -0.15) is 0 Å². The first-order chi connectivity index (χ1) is 9.78. The lowest BCUT2D eigenvalue weighted by Gasteiger charge is -2.21. The zero-order chi connectivity index (χ0) is 14.2. The molecule has 110 valence electrons. The highest BCUT2D eigenvalue weighted by atomic mass is 16.2. The molecule has 0 bridgehead atoms. The zero-order valence-electron chi connectivity index (χ0n) is 12.1. The van der Waals surface area contributed by atoms with Crippen LogP contribution in [0.2, 0.25) is 0 Å². The summed E-state index contributed by atoms with van der Waals surface area (Å²) in [6.07, 6.45) is 3.45. The van der Waals surface area contributed by atoms with E-state index in [9.17, 15) is 4.79 Å². The van der Waals surface area contributed by atoms with E-state index in [0.29, 0.717) is 13.1 Å². The number of carbonyl (C=O) groups excluding carboxylic acids is 1. The van der Waals surface area contributed by atoms with Crippen LogP contribution in [0.5, 0.6) is 0 Å². The first-order valence-electron chi connectivity index (χ1n) is 7.51. The second kappa shape index (κ2) is 8.02. The molecule has 0 spiro atoms. The molecule has 0 atom stereocenters. The number of rotatable bonds is 9. The van der Waals surface area contributed by atoms with Crippen LogP contribution in [-0.2, 0) is 11.3 Å². The third kappa shape index (κ3) is 5.72. The average molecular weight is 275 g/mol. The lowest BCUT2D eigenvalue weighted by atomic mass is 10.2. The van der Waals surface area contributed by atoms with Gasteiger partial charge in [0, 0.05) is 19.6 Å². The summed E-state index contributed by atoms with van der Waals surface area (Å²) in [4.78, 5) is 14.1. The lowest BCUT2D eigenvalue weighted by molar-refractivity contribution is -0.122. The molecule has 1 amide bonds. The van der Waals surface area contributed by atoms with Crippen molar-refractivity contribution in [3.05, 3.63) is 35.9 Å². The van der Waals surface area contributed by atoms with Gasteiger partial charge < -0.3 is 11.1 Å². The SMILES string of the molecule is NCCCN(CC(=O)NCC1CC1)Cc1ccccc1. The highest BCUT2D eigenvalue weighted by Crippen LogP contribution is 2.27. The molecule has 0 unspecified atom stereocenters. The molecule has 0 heterocycles. The van der Waals surface area contributed by atoms with Crippen LogP contribution in [0.1, 0.15) is 24.8 Å². The number of hydrogen-bond acceptors (Lipinski definition) is 3. The number of carbonyl (C=O) groups is 1. The monoisotopic (exact) mass is 275 g/mol. The van der Waals surface area contributed by atoms with Gasteiger partial charge in [-0.3, -0.25) is 9.69 Å². The Hall–Kier alpha value is -1.39. The molecule has 1 aliphatic carbocycles. The van der Waals surface area contributed by atoms with Gasteiger partial charge in [0.15, 0.2) is 0 Å². The Labute approximate surface area is 121 Å². The molecule has 4 nitrogen and oxygen atoms in total. The second-order valence-electron chi connectivity index (χ2n) is 5.59. The summed E-state index contributed by atoms with van der Waals surface area (Å²) in [7, 11) is 0. The fourth-order valence-corrected chi connectivity index (χ4v) is 2.21. The first kappa shape index (κ1) is 15.0. The molecule has 20 heavy (non-hydrogen) atoms. The predicted molar refractivity (Wildman–Crippen MR) is 81.1 cm³/mol. The number of hydrogen-bond donors (Lipinski definition) is 2. The summed E-state index contributed by atoms with van der Waals surface area (Å²) in [6, 6.07) is 10.3.